The summed E-state index contributed by atoms with van der Waals surface area (Å²) < 4.78 is 10.1. The molecule has 1 unspecified atom stereocenters. The summed E-state index contributed by atoms with van der Waals surface area (Å²) in [4.78, 5) is 10.9. The summed E-state index contributed by atoms with van der Waals surface area (Å²) in [5, 5.41) is -1.49. The SMILES string of the molecule is COc1ccc(C(Cl)C(=O)Cl)cc1OC. The van der Waals surface area contributed by atoms with Crippen molar-refractivity contribution in [2.75, 3.05) is 14.2 Å². The molecule has 0 N–H and O–H groups in total. The van der Waals surface area contributed by atoms with Crippen molar-refractivity contribution in [3.63, 3.8) is 0 Å². The molecular formula is C10H10Cl2O3. The van der Waals surface area contributed by atoms with E-state index < -0.39 is 10.6 Å². The second-order valence-corrected chi connectivity index (χ2v) is 3.59. The molecule has 1 atom stereocenters. The molecule has 0 bridgehead atoms. The number of methoxy groups -OCH3 is 2. The molecule has 0 heterocycles. The minimum absolute atomic E-state index is 0.513. The molecule has 0 amide bonds. The number of carbonyl (C=O) groups is 1. The standard InChI is InChI=1S/C10H10Cl2O3/c1-14-7-4-3-6(5-8(7)15-2)9(11)10(12)13/h3-5,9H,1-2H3. The van der Waals surface area contributed by atoms with Crippen molar-refractivity contribution in [1.82, 2.24) is 0 Å². The normalized spacial score (nSPS) is 12.0. The fourth-order valence-corrected chi connectivity index (χ4v) is 1.40. The van der Waals surface area contributed by atoms with Crippen LogP contribution in [0, 0.1) is 0 Å². The molecule has 0 aliphatic carbocycles. The first-order valence-electron chi connectivity index (χ1n) is 4.15. The molecule has 0 saturated carbocycles. The lowest BCUT2D eigenvalue weighted by Crippen LogP contribution is -2.00. The minimum Gasteiger partial charge on any atom is -0.493 e. The third kappa shape index (κ3) is 2.76. The van der Waals surface area contributed by atoms with E-state index in [-0.39, 0.29) is 0 Å². The second-order valence-electron chi connectivity index (χ2n) is 2.78. The van der Waals surface area contributed by atoms with Gasteiger partial charge in [-0.25, -0.2) is 0 Å². The van der Waals surface area contributed by atoms with Gasteiger partial charge in [0.1, 0.15) is 5.38 Å². The Bertz CT molecular complexity index is 366. The summed E-state index contributed by atoms with van der Waals surface area (Å²) in [5.74, 6) is 1.09. The predicted octanol–water partition coefficient (Wildman–Crippen LogP) is 2.75. The average molecular weight is 249 g/mol. The smallest absolute Gasteiger partial charge is 0.244 e. The summed E-state index contributed by atoms with van der Waals surface area (Å²) >= 11 is 11.1. The van der Waals surface area contributed by atoms with E-state index in [0.717, 1.165) is 0 Å². The van der Waals surface area contributed by atoms with E-state index in [9.17, 15) is 4.79 Å². The molecule has 0 fully saturated rings. The van der Waals surface area contributed by atoms with E-state index in [1.165, 1.54) is 14.2 Å². The summed E-state index contributed by atoms with van der Waals surface area (Å²) in [5.41, 5.74) is 0.578. The number of carbonyl (C=O) groups excluding carboxylic acids is 1. The molecule has 0 aliphatic rings. The van der Waals surface area contributed by atoms with Crippen LogP contribution in [0.4, 0.5) is 0 Å². The lowest BCUT2D eigenvalue weighted by atomic mass is 10.1. The Kier molecular flexibility index (Phi) is 4.24. The van der Waals surface area contributed by atoms with Crippen LogP contribution < -0.4 is 9.47 Å². The van der Waals surface area contributed by atoms with Gasteiger partial charge in [-0.15, -0.1) is 11.6 Å². The maximum Gasteiger partial charge on any atom is 0.244 e. The number of ether oxygens (including phenoxy) is 2. The van der Waals surface area contributed by atoms with Crippen molar-refractivity contribution in [2.24, 2.45) is 0 Å². The highest BCUT2D eigenvalue weighted by Crippen LogP contribution is 2.32. The van der Waals surface area contributed by atoms with Crippen LogP contribution in [-0.2, 0) is 4.79 Å². The lowest BCUT2D eigenvalue weighted by Gasteiger charge is -2.10. The first kappa shape index (κ1) is 12.1. The van der Waals surface area contributed by atoms with E-state index in [4.69, 9.17) is 32.7 Å². The van der Waals surface area contributed by atoms with Gasteiger partial charge in [0.2, 0.25) is 5.24 Å². The van der Waals surface area contributed by atoms with Gasteiger partial charge in [-0.3, -0.25) is 4.79 Å². The molecule has 5 heteroatoms. The Labute approximate surface area is 97.9 Å². The fraction of sp³-hybridized carbons (Fsp3) is 0.300. The minimum atomic E-state index is -0.869. The summed E-state index contributed by atoms with van der Waals surface area (Å²) in [7, 11) is 3.04. The van der Waals surface area contributed by atoms with Crippen LogP contribution in [0.25, 0.3) is 0 Å². The number of rotatable bonds is 4. The zero-order valence-electron chi connectivity index (χ0n) is 8.29. The van der Waals surface area contributed by atoms with Gasteiger partial charge in [0, 0.05) is 0 Å². The Morgan fingerprint density at radius 2 is 1.87 bits per heavy atom. The van der Waals surface area contributed by atoms with Gasteiger partial charge in [0.25, 0.3) is 0 Å². The van der Waals surface area contributed by atoms with Crippen molar-refractivity contribution in [3.05, 3.63) is 23.8 Å². The highest BCUT2D eigenvalue weighted by atomic mass is 35.5. The van der Waals surface area contributed by atoms with Gasteiger partial charge in [-0.1, -0.05) is 6.07 Å². The molecule has 0 saturated heterocycles. The maximum atomic E-state index is 10.9. The molecule has 0 radical (unpaired) electrons. The van der Waals surface area contributed by atoms with Gasteiger partial charge in [-0.2, -0.15) is 0 Å². The van der Waals surface area contributed by atoms with E-state index in [1.54, 1.807) is 18.2 Å². The number of benzene rings is 1. The second kappa shape index (κ2) is 5.24. The molecule has 3 nitrogen and oxygen atoms in total. The third-order valence-electron chi connectivity index (χ3n) is 1.90. The van der Waals surface area contributed by atoms with E-state index >= 15 is 0 Å². The molecule has 1 aromatic carbocycles. The summed E-state index contributed by atoms with van der Waals surface area (Å²) in [6, 6.07) is 4.96. The molecule has 1 aromatic rings. The number of halogens is 2. The molecule has 1 rings (SSSR count). The topological polar surface area (TPSA) is 35.5 Å². The van der Waals surface area contributed by atoms with Crippen LogP contribution in [-0.4, -0.2) is 19.5 Å². The van der Waals surface area contributed by atoms with Crippen LogP contribution in [0.3, 0.4) is 0 Å². The van der Waals surface area contributed by atoms with Crippen LogP contribution in [0.5, 0.6) is 11.5 Å². The van der Waals surface area contributed by atoms with Crippen LogP contribution in [0.2, 0.25) is 0 Å². The van der Waals surface area contributed by atoms with Gasteiger partial charge >= 0.3 is 0 Å². The van der Waals surface area contributed by atoms with Crippen molar-refractivity contribution in [1.29, 1.82) is 0 Å². The fourth-order valence-electron chi connectivity index (χ4n) is 1.14. The Morgan fingerprint density at radius 3 is 2.33 bits per heavy atom. The summed E-state index contributed by atoms with van der Waals surface area (Å²) in [6.45, 7) is 0. The Hall–Kier alpha value is -0.930. The molecule has 0 aliphatic heterocycles. The zero-order valence-corrected chi connectivity index (χ0v) is 9.80. The Balaban J connectivity index is 3.07. The number of alkyl halides is 1. The molecular weight excluding hydrogens is 239 g/mol. The van der Waals surface area contributed by atoms with Crippen molar-refractivity contribution in [2.45, 2.75) is 5.38 Å². The van der Waals surface area contributed by atoms with E-state index in [0.29, 0.717) is 17.1 Å². The van der Waals surface area contributed by atoms with E-state index in [1.807, 2.05) is 0 Å². The monoisotopic (exact) mass is 248 g/mol. The van der Waals surface area contributed by atoms with Gasteiger partial charge in [0.05, 0.1) is 14.2 Å². The van der Waals surface area contributed by atoms with Crippen molar-refractivity contribution >= 4 is 28.4 Å². The molecule has 0 spiro atoms. The highest BCUT2D eigenvalue weighted by Gasteiger charge is 2.17. The highest BCUT2D eigenvalue weighted by molar-refractivity contribution is 6.68. The van der Waals surface area contributed by atoms with Crippen molar-refractivity contribution < 1.29 is 14.3 Å². The predicted molar refractivity (Wildman–Crippen MR) is 59.0 cm³/mol. The van der Waals surface area contributed by atoms with Crippen LogP contribution in [0.1, 0.15) is 10.9 Å². The van der Waals surface area contributed by atoms with Crippen LogP contribution >= 0.6 is 23.2 Å². The quantitative estimate of drug-likeness (QED) is 0.608. The largest absolute Gasteiger partial charge is 0.493 e. The van der Waals surface area contributed by atoms with E-state index in [2.05, 4.69) is 0 Å². The average Bonchev–Trinajstić information content (AvgIpc) is 2.26. The van der Waals surface area contributed by atoms with Gasteiger partial charge in [0.15, 0.2) is 11.5 Å². The number of hydrogen-bond donors (Lipinski definition) is 0. The lowest BCUT2D eigenvalue weighted by molar-refractivity contribution is -0.111. The first-order chi connectivity index (χ1) is 7.10. The van der Waals surface area contributed by atoms with Gasteiger partial charge in [-0.05, 0) is 29.3 Å². The third-order valence-corrected chi connectivity index (χ3v) is 2.68. The first-order valence-corrected chi connectivity index (χ1v) is 4.97. The van der Waals surface area contributed by atoms with Crippen molar-refractivity contribution in [3.8, 4) is 11.5 Å². The molecule has 15 heavy (non-hydrogen) atoms. The summed E-state index contributed by atoms with van der Waals surface area (Å²) in [6.07, 6.45) is 0. The zero-order chi connectivity index (χ0) is 11.4. The molecule has 82 valence electrons. The van der Waals surface area contributed by atoms with Crippen LogP contribution in [0.15, 0.2) is 18.2 Å². The van der Waals surface area contributed by atoms with Gasteiger partial charge < -0.3 is 9.47 Å². The number of hydrogen-bond acceptors (Lipinski definition) is 3. The maximum absolute atomic E-state index is 10.9. The molecule has 0 aromatic heterocycles. The Morgan fingerprint density at radius 1 is 1.27 bits per heavy atom.